The maximum atomic E-state index is 8.79. The van der Waals surface area contributed by atoms with Gasteiger partial charge in [0.15, 0.2) is 0 Å². The molecule has 68 valence electrons. The third-order valence-corrected chi connectivity index (χ3v) is 1.81. The van der Waals surface area contributed by atoms with Crippen LogP contribution in [-0.2, 0) is 0 Å². The molecule has 0 aliphatic rings. The van der Waals surface area contributed by atoms with Crippen LogP contribution in [-0.4, -0.2) is 11.7 Å². The van der Waals surface area contributed by atoms with E-state index in [9.17, 15) is 0 Å². The Labute approximate surface area is 76.4 Å². The van der Waals surface area contributed by atoms with Crippen LogP contribution in [0, 0.1) is 11.3 Å². The third kappa shape index (κ3) is 1.96. The molecule has 0 unspecified atom stereocenters. The van der Waals surface area contributed by atoms with E-state index in [0.717, 1.165) is 0 Å². The molecule has 1 aromatic carbocycles. The molecule has 1 atom stereocenters. The fraction of sp³-hybridized carbons (Fsp3) is 0.222. The Hall–Kier alpha value is -1.57. The van der Waals surface area contributed by atoms with E-state index in [1.165, 1.54) is 0 Å². The van der Waals surface area contributed by atoms with Crippen LogP contribution in [0.25, 0.3) is 0 Å². The molecule has 0 aliphatic heterocycles. The predicted molar refractivity (Wildman–Crippen MR) is 49.6 cm³/mol. The lowest BCUT2D eigenvalue weighted by Gasteiger charge is -2.11. The Bertz CT molecular complexity index is 343. The zero-order valence-corrected chi connectivity index (χ0v) is 7.07. The first-order valence-corrected chi connectivity index (χ1v) is 3.85. The lowest BCUT2D eigenvalue weighted by Crippen LogP contribution is -2.16. The molecular formula is C9H11N3O. The molecule has 5 N–H and O–H groups in total. The van der Waals surface area contributed by atoms with Gasteiger partial charge in [-0.2, -0.15) is 5.26 Å². The highest BCUT2D eigenvalue weighted by molar-refractivity contribution is 5.53. The number of nitriles is 1. The van der Waals surface area contributed by atoms with Crippen molar-refractivity contribution in [2.24, 2.45) is 5.73 Å². The molecule has 1 rings (SSSR count). The minimum atomic E-state index is -0.479. The second kappa shape index (κ2) is 3.90. The van der Waals surface area contributed by atoms with Gasteiger partial charge in [0.1, 0.15) is 0 Å². The largest absolute Gasteiger partial charge is 0.398 e. The Kier molecular flexibility index (Phi) is 2.85. The number of rotatable bonds is 2. The summed E-state index contributed by atoms with van der Waals surface area (Å²) in [6.07, 6.45) is 0. The van der Waals surface area contributed by atoms with Gasteiger partial charge in [-0.3, -0.25) is 0 Å². The number of aliphatic hydroxyl groups excluding tert-OH is 1. The fourth-order valence-electron chi connectivity index (χ4n) is 1.08. The van der Waals surface area contributed by atoms with E-state index in [0.29, 0.717) is 16.8 Å². The Morgan fingerprint density at radius 2 is 2.23 bits per heavy atom. The van der Waals surface area contributed by atoms with Gasteiger partial charge in [0.05, 0.1) is 24.3 Å². The van der Waals surface area contributed by atoms with E-state index in [1.54, 1.807) is 18.2 Å². The molecule has 0 aromatic heterocycles. The molecule has 0 amide bonds. The number of nitrogen functional groups attached to an aromatic ring is 1. The Balaban J connectivity index is 3.07. The van der Waals surface area contributed by atoms with E-state index in [1.807, 2.05) is 6.07 Å². The van der Waals surface area contributed by atoms with Crippen LogP contribution in [0.1, 0.15) is 17.2 Å². The number of hydrogen-bond acceptors (Lipinski definition) is 4. The highest BCUT2D eigenvalue weighted by Crippen LogP contribution is 2.19. The first-order chi connectivity index (χ1) is 6.19. The van der Waals surface area contributed by atoms with Gasteiger partial charge in [-0.25, -0.2) is 0 Å². The Morgan fingerprint density at radius 3 is 2.69 bits per heavy atom. The van der Waals surface area contributed by atoms with Crippen molar-refractivity contribution in [2.75, 3.05) is 12.3 Å². The van der Waals surface area contributed by atoms with Crippen molar-refractivity contribution >= 4 is 5.69 Å². The number of nitrogens with zero attached hydrogens (tertiary/aromatic N) is 1. The van der Waals surface area contributed by atoms with E-state index in [-0.39, 0.29) is 6.61 Å². The summed E-state index contributed by atoms with van der Waals surface area (Å²) < 4.78 is 0. The first kappa shape index (κ1) is 9.52. The molecule has 0 radical (unpaired) electrons. The second-order valence-corrected chi connectivity index (χ2v) is 2.74. The van der Waals surface area contributed by atoms with Crippen LogP contribution < -0.4 is 11.5 Å². The highest BCUT2D eigenvalue weighted by atomic mass is 16.3. The molecule has 0 heterocycles. The van der Waals surface area contributed by atoms with Gasteiger partial charge in [0.2, 0.25) is 0 Å². The van der Waals surface area contributed by atoms with Crippen LogP contribution in [0.3, 0.4) is 0 Å². The molecule has 1 aromatic rings. The Morgan fingerprint density at radius 1 is 1.54 bits per heavy atom. The summed E-state index contributed by atoms with van der Waals surface area (Å²) in [4.78, 5) is 0. The smallest absolute Gasteiger partial charge is 0.0992 e. The average Bonchev–Trinajstić information content (AvgIpc) is 2.16. The van der Waals surface area contributed by atoms with Crippen molar-refractivity contribution in [3.05, 3.63) is 29.3 Å². The molecule has 13 heavy (non-hydrogen) atoms. The minimum Gasteiger partial charge on any atom is -0.398 e. The van der Waals surface area contributed by atoms with Crippen LogP contribution in [0.15, 0.2) is 18.2 Å². The topological polar surface area (TPSA) is 96.1 Å². The van der Waals surface area contributed by atoms with Gasteiger partial charge in [0, 0.05) is 5.69 Å². The van der Waals surface area contributed by atoms with Crippen LogP contribution in [0.4, 0.5) is 5.69 Å². The highest BCUT2D eigenvalue weighted by Gasteiger charge is 2.08. The van der Waals surface area contributed by atoms with Gasteiger partial charge in [-0.1, -0.05) is 6.07 Å². The van der Waals surface area contributed by atoms with Crippen molar-refractivity contribution < 1.29 is 5.11 Å². The average molecular weight is 177 g/mol. The standard InChI is InChI=1S/C9H11N3O/c10-4-6-1-2-7(8(11)3-6)9(12)5-13/h1-3,9,13H,5,11-12H2/t9-/m0/s1. The number of hydrogen-bond donors (Lipinski definition) is 3. The van der Waals surface area contributed by atoms with Crippen molar-refractivity contribution in [2.45, 2.75) is 6.04 Å². The molecule has 0 saturated heterocycles. The number of aliphatic hydroxyl groups is 1. The van der Waals surface area contributed by atoms with E-state index >= 15 is 0 Å². The third-order valence-electron chi connectivity index (χ3n) is 1.81. The maximum Gasteiger partial charge on any atom is 0.0992 e. The van der Waals surface area contributed by atoms with Crippen LogP contribution in [0.5, 0.6) is 0 Å². The molecule has 0 saturated carbocycles. The first-order valence-electron chi connectivity index (χ1n) is 3.85. The second-order valence-electron chi connectivity index (χ2n) is 2.74. The summed E-state index contributed by atoms with van der Waals surface area (Å²) in [7, 11) is 0. The van der Waals surface area contributed by atoms with E-state index in [4.69, 9.17) is 21.8 Å². The van der Waals surface area contributed by atoms with Crippen LogP contribution >= 0.6 is 0 Å². The molecule has 0 spiro atoms. The monoisotopic (exact) mass is 177 g/mol. The zero-order valence-electron chi connectivity index (χ0n) is 7.07. The number of anilines is 1. The SMILES string of the molecule is N#Cc1ccc([C@@H](N)CO)c(N)c1. The quantitative estimate of drug-likeness (QED) is 0.559. The molecule has 4 nitrogen and oxygen atoms in total. The lowest BCUT2D eigenvalue weighted by molar-refractivity contribution is 0.268. The van der Waals surface area contributed by atoms with Crippen molar-refractivity contribution in [3.63, 3.8) is 0 Å². The maximum absolute atomic E-state index is 8.79. The van der Waals surface area contributed by atoms with Crippen molar-refractivity contribution in [1.82, 2.24) is 0 Å². The lowest BCUT2D eigenvalue weighted by atomic mass is 10.0. The minimum absolute atomic E-state index is 0.157. The van der Waals surface area contributed by atoms with Gasteiger partial charge in [-0.15, -0.1) is 0 Å². The van der Waals surface area contributed by atoms with Crippen molar-refractivity contribution in [3.8, 4) is 6.07 Å². The summed E-state index contributed by atoms with van der Waals surface area (Å²) >= 11 is 0. The molecule has 4 heteroatoms. The van der Waals surface area contributed by atoms with Crippen molar-refractivity contribution in [1.29, 1.82) is 5.26 Å². The summed E-state index contributed by atoms with van der Waals surface area (Å²) in [5.41, 5.74) is 12.8. The zero-order chi connectivity index (χ0) is 9.84. The van der Waals surface area contributed by atoms with Gasteiger partial charge >= 0.3 is 0 Å². The summed E-state index contributed by atoms with van der Waals surface area (Å²) in [5, 5.41) is 17.4. The van der Waals surface area contributed by atoms with E-state index in [2.05, 4.69) is 0 Å². The number of benzene rings is 1. The summed E-state index contributed by atoms with van der Waals surface area (Å²) in [6.45, 7) is -0.157. The number of nitrogens with two attached hydrogens (primary N) is 2. The van der Waals surface area contributed by atoms with Crippen LogP contribution in [0.2, 0.25) is 0 Å². The van der Waals surface area contributed by atoms with Gasteiger partial charge < -0.3 is 16.6 Å². The molecule has 0 aliphatic carbocycles. The summed E-state index contributed by atoms with van der Waals surface area (Å²) in [6, 6.07) is 6.32. The van der Waals surface area contributed by atoms with E-state index < -0.39 is 6.04 Å². The summed E-state index contributed by atoms with van der Waals surface area (Å²) in [5.74, 6) is 0. The fourth-order valence-corrected chi connectivity index (χ4v) is 1.08. The predicted octanol–water partition coefficient (Wildman–Crippen LogP) is 0.133. The van der Waals surface area contributed by atoms with Gasteiger partial charge in [-0.05, 0) is 17.7 Å². The van der Waals surface area contributed by atoms with Gasteiger partial charge in [0.25, 0.3) is 0 Å². The molecular weight excluding hydrogens is 166 g/mol. The molecule has 0 bridgehead atoms. The molecule has 0 fully saturated rings. The normalized spacial score (nSPS) is 12.1.